The van der Waals surface area contributed by atoms with Crippen molar-refractivity contribution in [2.45, 2.75) is 39.2 Å². The zero-order chi connectivity index (χ0) is 32.1. The van der Waals surface area contributed by atoms with Gasteiger partial charge in [0.25, 0.3) is 5.91 Å². The highest BCUT2D eigenvalue weighted by atomic mass is 35.5. The average Bonchev–Trinajstić information content (AvgIpc) is 3.00. The molecule has 2 heterocycles. The van der Waals surface area contributed by atoms with E-state index in [1.165, 1.54) is 50.4 Å². The summed E-state index contributed by atoms with van der Waals surface area (Å²) in [6.45, 7) is 3.20. The van der Waals surface area contributed by atoms with Crippen LogP contribution in [-0.2, 0) is 14.3 Å². The second kappa shape index (κ2) is 13.7. The Labute approximate surface area is 257 Å². The van der Waals surface area contributed by atoms with Gasteiger partial charge in [0.05, 0.1) is 47.1 Å². The number of carbonyl (C=O) groups is 3. The summed E-state index contributed by atoms with van der Waals surface area (Å²) in [4.78, 5) is 42.4. The van der Waals surface area contributed by atoms with Crippen LogP contribution >= 0.6 is 11.6 Å². The van der Waals surface area contributed by atoms with Crippen LogP contribution < -0.4 is 32.5 Å². The number of rotatable bonds is 5. The van der Waals surface area contributed by atoms with Gasteiger partial charge in [-0.15, -0.1) is 0 Å². The topological polar surface area (TPSA) is 165 Å². The van der Waals surface area contributed by atoms with Gasteiger partial charge in [-0.3, -0.25) is 24.9 Å². The highest BCUT2D eigenvalue weighted by molar-refractivity contribution is 6.31. The summed E-state index contributed by atoms with van der Waals surface area (Å²) in [6.07, 6.45) is 1.60. The number of carbonyl (C=O) groups excluding carboxylic acids is 3. The fourth-order valence-corrected chi connectivity index (χ4v) is 4.85. The maximum Gasteiger partial charge on any atom is 0.411 e. The summed E-state index contributed by atoms with van der Waals surface area (Å²) in [5.74, 6) is 3.15. The largest absolute Gasteiger partial charge is 0.453 e. The van der Waals surface area contributed by atoms with Crippen molar-refractivity contribution in [3.63, 3.8) is 0 Å². The predicted molar refractivity (Wildman–Crippen MR) is 163 cm³/mol. The maximum absolute atomic E-state index is 15.2. The van der Waals surface area contributed by atoms with Crippen LogP contribution in [0.25, 0.3) is 11.1 Å². The Kier molecular flexibility index (Phi) is 10.0. The molecule has 1 aromatic heterocycles. The van der Waals surface area contributed by atoms with E-state index >= 15 is 4.39 Å². The lowest BCUT2D eigenvalue weighted by atomic mass is 9.95. The highest BCUT2D eigenvalue weighted by Gasteiger charge is 2.25. The first-order chi connectivity index (χ1) is 20.9. The van der Waals surface area contributed by atoms with E-state index in [-0.39, 0.29) is 39.3 Å². The normalized spacial score (nSPS) is 17.1. The molecule has 232 valence electrons. The number of ether oxygens (including phenoxy) is 1. The molecule has 0 saturated heterocycles. The van der Waals surface area contributed by atoms with E-state index in [2.05, 4.69) is 25.7 Å². The van der Waals surface area contributed by atoms with Crippen LogP contribution in [0.1, 0.15) is 44.8 Å². The molecule has 14 heteroatoms. The Morgan fingerprint density at radius 1 is 1.16 bits per heavy atom. The van der Waals surface area contributed by atoms with Gasteiger partial charge in [0.15, 0.2) is 5.82 Å². The van der Waals surface area contributed by atoms with Crippen molar-refractivity contribution >= 4 is 46.6 Å². The number of nitrogens with two attached hydrogens (primary N) is 2. The van der Waals surface area contributed by atoms with Gasteiger partial charge in [-0.05, 0) is 50.1 Å². The molecule has 0 aliphatic carbocycles. The van der Waals surface area contributed by atoms with Gasteiger partial charge < -0.3 is 21.1 Å². The fourth-order valence-electron chi connectivity index (χ4n) is 4.68. The number of nitrogens with one attached hydrogen (secondary N) is 3. The highest BCUT2D eigenvalue weighted by Crippen LogP contribution is 2.35. The van der Waals surface area contributed by atoms with E-state index in [4.69, 9.17) is 23.2 Å². The molecule has 3 amide bonds. The van der Waals surface area contributed by atoms with Crippen molar-refractivity contribution in [3.05, 3.63) is 82.4 Å². The number of hydrogen-bond donors (Lipinski definition) is 5. The second-order valence-corrected chi connectivity index (χ2v) is 10.7. The molecule has 2 bridgehead atoms. The molecular weight excluding hydrogens is 596 g/mol. The van der Waals surface area contributed by atoms with Crippen LogP contribution in [0.2, 0.25) is 5.02 Å². The van der Waals surface area contributed by atoms with Gasteiger partial charge in [-0.1, -0.05) is 37.1 Å². The summed E-state index contributed by atoms with van der Waals surface area (Å²) in [5.41, 5.74) is 7.19. The number of anilines is 3. The lowest BCUT2D eigenvalue weighted by Crippen LogP contribution is -2.38. The Balaban J connectivity index is 1.71. The number of benzene rings is 2. The fraction of sp³-hybridized carbons (Fsp3) is 0.267. The zero-order valence-corrected chi connectivity index (χ0v) is 25.0. The summed E-state index contributed by atoms with van der Waals surface area (Å²) >= 11 is 5.87. The van der Waals surface area contributed by atoms with Crippen molar-refractivity contribution in [3.8, 4) is 11.1 Å². The minimum atomic E-state index is -0.779. The van der Waals surface area contributed by atoms with E-state index in [0.29, 0.717) is 36.2 Å². The molecule has 2 aromatic carbocycles. The van der Waals surface area contributed by atoms with Crippen molar-refractivity contribution in [2.24, 2.45) is 17.5 Å². The van der Waals surface area contributed by atoms with Crippen LogP contribution in [0.3, 0.4) is 0 Å². The molecule has 11 nitrogen and oxygen atoms in total. The number of pyridine rings is 1. The van der Waals surface area contributed by atoms with Crippen molar-refractivity contribution in [2.75, 3.05) is 22.8 Å². The molecule has 1 aliphatic rings. The molecule has 0 radical (unpaired) electrons. The molecule has 0 fully saturated rings. The van der Waals surface area contributed by atoms with Gasteiger partial charge in [0, 0.05) is 22.7 Å². The third kappa shape index (κ3) is 7.06. The standard InChI is InChI=1S/C30H32ClF2N7O4/c1-15-6-4-8-22(38-29(42)27(34)16(2)40(35)25-9-5-7-20(31)26(25)33)24-13-19(21(32)14-36-24)18-11-10-17(37-30(43)44-3)12-23(18)39-28(15)41/h5,7,9-15,22H,4,6,8,34-35H2,1-3H3,(H,37,43)(H,38,42)(H,39,41)/b27-16-/t15-,22?/m0/s1. The van der Waals surface area contributed by atoms with E-state index in [9.17, 15) is 18.8 Å². The first-order valence-electron chi connectivity index (χ1n) is 13.6. The lowest BCUT2D eigenvalue weighted by Gasteiger charge is -2.24. The van der Waals surface area contributed by atoms with Crippen LogP contribution in [0.15, 0.2) is 60.1 Å². The Morgan fingerprint density at radius 3 is 2.64 bits per heavy atom. The molecule has 1 unspecified atom stereocenters. The number of allylic oxidation sites excluding steroid dienone is 1. The van der Waals surface area contributed by atoms with Crippen LogP contribution in [0, 0.1) is 17.6 Å². The van der Waals surface area contributed by atoms with Gasteiger partial charge >= 0.3 is 6.09 Å². The molecule has 2 atom stereocenters. The Morgan fingerprint density at radius 2 is 1.91 bits per heavy atom. The molecule has 0 spiro atoms. The first-order valence-corrected chi connectivity index (χ1v) is 14.0. The van der Waals surface area contributed by atoms with Crippen molar-refractivity contribution in [1.82, 2.24) is 10.3 Å². The SMILES string of the molecule is COC(=O)Nc1ccc2c(c1)NC(=O)[C@@H](C)CCCC(NC(=O)/C(N)=C(\C)N(N)c1cccc(Cl)c1F)c1cc-2c(F)cn1. The molecule has 7 N–H and O–H groups in total. The molecule has 44 heavy (non-hydrogen) atoms. The molecule has 4 rings (SSSR count). The Bertz CT molecular complexity index is 1630. The lowest BCUT2D eigenvalue weighted by molar-refractivity contribution is -0.120. The number of hydrazine groups is 1. The third-order valence-corrected chi connectivity index (χ3v) is 7.59. The van der Waals surface area contributed by atoms with Crippen LogP contribution in [0.4, 0.5) is 30.6 Å². The smallest absolute Gasteiger partial charge is 0.411 e. The van der Waals surface area contributed by atoms with E-state index in [0.717, 1.165) is 11.2 Å². The minimum Gasteiger partial charge on any atom is -0.453 e. The number of methoxy groups -OCH3 is 1. The number of aromatic nitrogens is 1. The minimum absolute atomic E-state index is 0.0557. The second-order valence-electron chi connectivity index (χ2n) is 10.3. The van der Waals surface area contributed by atoms with E-state index in [1.54, 1.807) is 13.0 Å². The van der Waals surface area contributed by atoms with E-state index in [1.807, 2.05) is 0 Å². The third-order valence-electron chi connectivity index (χ3n) is 7.30. The number of nitrogens with zero attached hydrogens (tertiary/aromatic N) is 2. The van der Waals surface area contributed by atoms with Crippen LogP contribution in [0.5, 0.6) is 0 Å². The predicted octanol–water partition coefficient (Wildman–Crippen LogP) is 5.34. The zero-order valence-electron chi connectivity index (χ0n) is 24.2. The molecule has 3 aromatic rings. The van der Waals surface area contributed by atoms with Crippen molar-refractivity contribution < 1.29 is 27.9 Å². The van der Waals surface area contributed by atoms with Gasteiger partial charge in [-0.2, -0.15) is 0 Å². The van der Waals surface area contributed by atoms with Crippen LogP contribution in [-0.4, -0.2) is 30.0 Å². The maximum atomic E-state index is 15.2. The van der Waals surface area contributed by atoms with Gasteiger partial charge in [0.1, 0.15) is 11.5 Å². The summed E-state index contributed by atoms with van der Waals surface area (Å²) < 4.78 is 34.5. The summed E-state index contributed by atoms with van der Waals surface area (Å²) in [6, 6.07) is 9.56. The number of amides is 3. The summed E-state index contributed by atoms with van der Waals surface area (Å²) in [7, 11) is 1.21. The molecule has 0 saturated carbocycles. The first kappa shape index (κ1) is 32.2. The Hall–Kier alpha value is -4.75. The van der Waals surface area contributed by atoms with Gasteiger partial charge in [0.2, 0.25) is 5.91 Å². The average molecular weight is 628 g/mol. The molecular formula is C30H32ClF2N7O4. The quantitative estimate of drug-likeness (QED) is 0.144. The van der Waals surface area contributed by atoms with Gasteiger partial charge in [-0.25, -0.2) is 19.4 Å². The number of hydrogen-bond acceptors (Lipinski definition) is 8. The van der Waals surface area contributed by atoms with Crippen molar-refractivity contribution in [1.29, 1.82) is 0 Å². The monoisotopic (exact) mass is 627 g/mol. The summed E-state index contributed by atoms with van der Waals surface area (Å²) in [5, 5.41) is 8.96. The molecule has 1 aliphatic heterocycles. The number of halogens is 3. The van der Waals surface area contributed by atoms with E-state index < -0.39 is 35.6 Å². The number of fused-ring (bicyclic) bond motifs is 4.